The van der Waals surface area contributed by atoms with E-state index in [0.717, 1.165) is 0 Å². The van der Waals surface area contributed by atoms with Gasteiger partial charge in [0.2, 0.25) is 0 Å². The first-order valence-corrected chi connectivity index (χ1v) is 9.16. The monoisotopic (exact) mass is 308 g/mol. The molecule has 0 saturated heterocycles. The van der Waals surface area contributed by atoms with E-state index in [-0.39, 0.29) is 5.41 Å². The van der Waals surface area contributed by atoms with Gasteiger partial charge in [-0.3, -0.25) is 0 Å². The van der Waals surface area contributed by atoms with Crippen LogP contribution in [0.25, 0.3) is 0 Å². The van der Waals surface area contributed by atoms with Gasteiger partial charge in [-0.2, -0.15) is 0 Å². The lowest BCUT2D eigenvalue weighted by molar-refractivity contribution is 0.590. The van der Waals surface area contributed by atoms with E-state index in [1.54, 1.807) is 0 Å². The minimum absolute atomic E-state index is 0.248. The molecule has 0 nitrogen and oxygen atoms in total. The molecule has 0 amide bonds. The number of rotatable bonds is 7. The van der Waals surface area contributed by atoms with Crippen LogP contribution in [0, 0.1) is 0 Å². The van der Waals surface area contributed by atoms with E-state index in [4.69, 9.17) is 0 Å². The van der Waals surface area contributed by atoms with E-state index < -0.39 is 0 Å². The molecular formula is C23H32. The molecule has 0 heterocycles. The third kappa shape index (κ3) is 5.86. The Hall–Kier alpha value is -1.56. The van der Waals surface area contributed by atoms with Gasteiger partial charge in [0.25, 0.3) is 0 Å². The third-order valence-corrected chi connectivity index (χ3v) is 4.59. The van der Waals surface area contributed by atoms with Crippen molar-refractivity contribution in [2.75, 3.05) is 0 Å². The summed E-state index contributed by atoms with van der Waals surface area (Å²) >= 11 is 0. The van der Waals surface area contributed by atoms with Gasteiger partial charge < -0.3 is 0 Å². The molecule has 0 atom stereocenters. The molecule has 0 aliphatic heterocycles. The lowest BCUT2D eigenvalue weighted by Crippen LogP contribution is -2.10. The van der Waals surface area contributed by atoms with Crippen LogP contribution in [0.1, 0.15) is 69.2 Å². The second-order valence-electron chi connectivity index (χ2n) is 7.72. The molecule has 2 aromatic rings. The summed E-state index contributed by atoms with van der Waals surface area (Å²) in [4.78, 5) is 0. The maximum absolute atomic E-state index is 2.31. The van der Waals surface area contributed by atoms with Crippen molar-refractivity contribution in [1.29, 1.82) is 0 Å². The molecular weight excluding hydrogens is 276 g/mol. The highest BCUT2D eigenvalue weighted by Crippen LogP contribution is 2.22. The lowest BCUT2D eigenvalue weighted by Gasteiger charge is -2.19. The lowest BCUT2D eigenvalue weighted by atomic mass is 9.86. The number of hydrogen-bond acceptors (Lipinski definition) is 0. The Labute approximate surface area is 143 Å². The first kappa shape index (κ1) is 17.8. The predicted molar refractivity (Wildman–Crippen MR) is 102 cm³/mol. The van der Waals surface area contributed by atoms with Gasteiger partial charge in [0.15, 0.2) is 0 Å². The first-order valence-electron chi connectivity index (χ1n) is 9.16. The molecule has 0 fully saturated rings. The van der Waals surface area contributed by atoms with Crippen molar-refractivity contribution in [3.63, 3.8) is 0 Å². The van der Waals surface area contributed by atoms with Gasteiger partial charge in [-0.05, 0) is 59.8 Å². The van der Waals surface area contributed by atoms with E-state index >= 15 is 0 Å². The zero-order valence-corrected chi connectivity index (χ0v) is 15.4. The SMILES string of the molecule is CCCCc1ccc(CCCc2ccc(C(C)(C)C)cc2)cc1. The fourth-order valence-electron chi connectivity index (χ4n) is 2.92. The van der Waals surface area contributed by atoms with Crippen molar-refractivity contribution in [3.8, 4) is 0 Å². The molecule has 23 heavy (non-hydrogen) atoms. The van der Waals surface area contributed by atoms with Crippen molar-refractivity contribution in [3.05, 3.63) is 70.8 Å². The van der Waals surface area contributed by atoms with E-state index in [0.29, 0.717) is 0 Å². The Bertz CT molecular complexity index is 567. The number of hydrogen-bond donors (Lipinski definition) is 0. The number of aryl methyl sites for hydroxylation is 3. The van der Waals surface area contributed by atoms with Crippen LogP contribution in [0.4, 0.5) is 0 Å². The van der Waals surface area contributed by atoms with Gasteiger partial charge in [0, 0.05) is 0 Å². The normalized spacial score (nSPS) is 11.7. The van der Waals surface area contributed by atoms with Crippen LogP contribution in [0.2, 0.25) is 0 Å². The minimum Gasteiger partial charge on any atom is -0.0654 e. The molecule has 0 heteroatoms. The highest BCUT2D eigenvalue weighted by molar-refractivity contribution is 5.28. The summed E-state index contributed by atoms with van der Waals surface area (Å²) in [6, 6.07) is 18.4. The summed E-state index contributed by atoms with van der Waals surface area (Å²) in [5.41, 5.74) is 6.07. The Kier molecular flexibility index (Phi) is 6.45. The highest BCUT2D eigenvalue weighted by atomic mass is 14.2. The van der Waals surface area contributed by atoms with Crippen LogP contribution in [0.5, 0.6) is 0 Å². The molecule has 0 aromatic heterocycles. The zero-order chi connectivity index (χ0) is 16.7. The summed E-state index contributed by atoms with van der Waals surface area (Å²) in [5.74, 6) is 0. The second-order valence-corrected chi connectivity index (χ2v) is 7.72. The molecule has 0 unspecified atom stereocenters. The smallest absolute Gasteiger partial charge is 0.0132 e. The van der Waals surface area contributed by atoms with E-state index in [1.807, 2.05) is 0 Å². The third-order valence-electron chi connectivity index (χ3n) is 4.59. The van der Waals surface area contributed by atoms with Gasteiger partial charge in [-0.1, -0.05) is 82.6 Å². The highest BCUT2D eigenvalue weighted by Gasteiger charge is 2.12. The van der Waals surface area contributed by atoms with Crippen LogP contribution in [0.15, 0.2) is 48.5 Å². The maximum Gasteiger partial charge on any atom is -0.0132 e. The predicted octanol–water partition coefficient (Wildman–Crippen LogP) is 6.50. The second kappa shape index (κ2) is 8.34. The first-order chi connectivity index (χ1) is 11.0. The molecule has 124 valence electrons. The molecule has 0 spiro atoms. The molecule has 2 rings (SSSR count). The number of unbranched alkanes of at least 4 members (excludes halogenated alkanes) is 1. The summed E-state index contributed by atoms with van der Waals surface area (Å²) in [6.07, 6.45) is 7.36. The Balaban J connectivity index is 1.80. The average Bonchev–Trinajstić information content (AvgIpc) is 2.54. The van der Waals surface area contributed by atoms with Crippen LogP contribution >= 0.6 is 0 Å². The molecule has 0 radical (unpaired) electrons. The van der Waals surface area contributed by atoms with Crippen molar-refractivity contribution < 1.29 is 0 Å². The van der Waals surface area contributed by atoms with Crippen molar-refractivity contribution in [2.45, 2.75) is 71.6 Å². The summed E-state index contributed by atoms with van der Waals surface area (Å²) in [7, 11) is 0. The largest absolute Gasteiger partial charge is 0.0654 e. The molecule has 0 bridgehead atoms. The maximum atomic E-state index is 2.31. The molecule has 0 aliphatic carbocycles. The molecule has 0 saturated carbocycles. The van der Waals surface area contributed by atoms with E-state index in [2.05, 4.69) is 76.2 Å². The van der Waals surface area contributed by atoms with Crippen LogP contribution in [0.3, 0.4) is 0 Å². The Morgan fingerprint density at radius 1 is 0.609 bits per heavy atom. The Morgan fingerprint density at radius 3 is 1.39 bits per heavy atom. The van der Waals surface area contributed by atoms with Crippen LogP contribution in [-0.4, -0.2) is 0 Å². The zero-order valence-electron chi connectivity index (χ0n) is 15.4. The van der Waals surface area contributed by atoms with Gasteiger partial charge in [0.05, 0.1) is 0 Å². The van der Waals surface area contributed by atoms with Crippen LogP contribution < -0.4 is 0 Å². The van der Waals surface area contributed by atoms with Gasteiger partial charge in [0.1, 0.15) is 0 Å². The minimum atomic E-state index is 0.248. The summed E-state index contributed by atoms with van der Waals surface area (Å²) < 4.78 is 0. The molecule has 0 aliphatic rings. The summed E-state index contributed by atoms with van der Waals surface area (Å²) in [5, 5.41) is 0. The van der Waals surface area contributed by atoms with Crippen molar-refractivity contribution >= 4 is 0 Å². The van der Waals surface area contributed by atoms with Gasteiger partial charge in [-0.25, -0.2) is 0 Å². The average molecular weight is 309 g/mol. The Morgan fingerprint density at radius 2 is 1.00 bits per heavy atom. The standard InChI is InChI=1S/C23H32/c1-5-6-8-19-11-13-20(14-12-19)9-7-10-21-15-17-22(18-16-21)23(2,3)4/h11-18H,5-10H2,1-4H3. The van der Waals surface area contributed by atoms with Crippen molar-refractivity contribution in [1.82, 2.24) is 0 Å². The fourth-order valence-corrected chi connectivity index (χ4v) is 2.92. The number of benzene rings is 2. The quantitative estimate of drug-likeness (QED) is 0.547. The molecule has 2 aromatic carbocycles. The van der Waals surface area contributed by atoms with E-state index in [1.165, 1.54) is 60.8 Å². The van der Waals surface area contributed by atoms with Gasteiger partial charge in [-0.15, -0.1) is 0 Å². The van der Waals surface area contributed by atoms with Crippen molar-refractivity contribution in [2.24, 2.45) is 0 Å². The van der Waals surface area contributed by atoms with E-state index in [9.17, 15) is 0 Å². The summed E-state index contributed by atoms with van der Waals surface area (Å²) in [6.45, 7) is 9.06. The van der Waals surface area contributed by atoms with Gasteiger partial charge >= 0.3 is 0 Å². The fraction of sp³-hybridized carbons (Fsp3) is 0.478. The molecule has 0 N–H and O–H groups in total. The topological polar surface area (TPSA) is 0 Å². The van der Waals surface area contributed by atoms with Crippen LogP contribution in [-0.2, 0) is 24.7 Å².